The van der Waals surface area contributed by atoms with Crippen LogP contribution in [0.5, 0.6) is 0 Å². The smallest absolute Gasteiger partial charge is 0.334 e. The SMILES string of the molecule is CC(=O)c1cccc(Nc2ncnc(NNC(=O)C(c3ccccc3)c3ccccc3)c2[N+](=O)[O-])c1. The number of rotatable bonds is 9. The van der Waals surface area contributed by atoms with Crippen LogP contribution in [0.3, 0.4) is 0 Å². The number of aromatic nitrogens is 2. The molecule has 0 aliphatic carbocycles. The molecule has 3 aromatic carbocycles. The van der Waals surface area contributed by atoms with Crippen LogP contribution in [-0.4, -0.2) is 26.6 Å². The Morgan fingerprint density at radius 3 is 2.06 bits per heavy atom. The molecular formula is C26H22N6O4. The topological polar surface area (TPSA) is 139 Å². The summed E-state index contributed by atoms with van der Waals surface area (Å²) in [7, 11) is 0. The van der Waals surface area contributed by atoms with Gasteiger partial charge in [0.15, 0.2) is 5.78 Å². The van der Waals surface area contributed by atoms with Gasteiger partial charge in [-0.05, 0) is 30.2 Å². The zero-order valence-corrected chi connectivity index (χ0v) is 19.2. The summed E-state index contributed by atoms with van der Waals surface area (Å²) in [6.45, 7) is 1.43. The molecule has 0 atom stereocenters. The van der Waals surface area contributed by atoms with Gasteiger partial charge in [0.2, 0.25) is 17.5 Å². The summed E-state index contributed by atoms with van der Waals surface area (Å²) < 4.78 is 0. The third-order valence-corrected chi connectivity index (χ3v) is 5.37. The third kappa shape index (κ3) is 5.50. The van der Waals surface area contributed by atoms with Gasteiger partial charge in [0.05, 0.1) is 10.8 Å². The van der Waals surface area contributed by atoms with Gasteiger partial charge in [-0.25, -0.2) is 9.97 Å². The number of hydrogen-bond acceptors (Lipinski definition) is 8. The van der Waals surface area contributed by atoms with Crippen LogP contribution < -0.4 is 16.2 Å². The zero-order chi connectivity index (χ0) is 25.5. The molecule has 1 heterocycles. The van der Waals surface area contributed by atoms with E-state index in [9.17, 15) is 19.7 Å². The minimum absolute atomic E-state index is 0.102. The van der Waals surface area contributed by atoms with Crippen LogP contribution in [0, 0.1) is 10.1 Å². The number of carbonyl (C=O) groups is 2. The van der Waals surface area contributed by atoms with Gasteiger partial charge in [0.25, 0.3) is 0 Å². The Labute approximate surface area is 206 Å². The Morgan fingerprint density at radius 2 is 1.47 bits per heavy atom. The van der Waals surface area contributed by atoms with Crippen molar-refractivity contribution >= 4 is 34.7 Å². The number of hydrogen-bond donors (Lipinski definition) is 3. The number of carbonyl (C=O) groups excluding carboxylic acids is 2. The summed E-state index contributed by atoms with van der Waals surface area (Å²) in [6.07, 6.45) is 1.13. The number of nitrogens with zero attached hydrogens (tertiary/aromatic N) is 3. The van der Waals surface area contributed by atoms with Crippen molar-refractivity contribution < 1.29 is 14.5 Å². The second-order valence-corrected chi connectivity index (χ2v) is 7.81. The van der Waals surface area contributed by atoms with Gasteiger partial charge >= 0.3 is 5.69 Å². The van der Waals surface area contributed by atoms with Gasteiger partial charge in [-0.15, -0.1) is 0 Å². The van der Waals surface area contributed by atoms with E-state index in [1.165, 1.54) is 6.92 Å². The molecule has 0 aliphatic heterocycles. The van der Waals surface area contributed by atoms with Crippen LogP contribution in [-0.2, 0) is 4.79 Å². The number of nitrogens with one attached hydrogen (secondary N) is 3. The van der Waals surface area contributed by atoms with E-state index in [4.69, 9.17) is 0 Å². The Kier molecular flexibility index (Phi) is 7.25. The first-order valence-electron chi connectivity index (χ1n) is 11.0. The third-order valence-electron chi connectivity index (χ3n) is 5.37. The molecule has 0 unspecified atom stereocenters. The van der Waals surface area contributed by atoms with Crippen molar-refractivity contribution in [2.24, 2.45) is 0 Å². The Bertz CT molecular complexity index is 1360. The van der Waals surface area contributed by atoms with E-state index in [1.807, 2.05) is 60.7 Å². The number of ketones is 1. The molecule has 0 bridgehead atoms. The Morgan fingerprint density at radius 1 is 0.861 bits per heavy atom. The summed E-state index contributed by atoms with van der Waals surface area (Å²) >= 11 is 0. The molecule has 0 radical (unpaired) electrons. The van der Waals surface area contributed by atoms with E-state index in [0.717, 1.165) is 17.5 Å². The van der Waals surface area contributed by atoms with E-state index in [-0.39, 0.29) is 17.4 Å². The lowest BCUT2D eigenvalue weighted by Crippen LogP contribution is -2.35. The predicted molar refractivity (Wildman–Crippen MR) is 135 cm³/mol. The van der Waals surface area contributed by atoms with Crippen LogP contribution in [0.1, 0.15) is 34.3 Å². The molecule has 180 valence electrons. The zero-order valence-electron chi connectivity index (χ0n) is 19.2. The fraction of sp³-hybridized carbons (Fsp3) is 0.0769. The minimum Gasteiger partial charge on any atom is -0.334 e. The molecular weight excluding hydrogens is 460 g/mol. The summed E-state index contributed by atoms with van der Waals surface area (Å²) in [5.74, 6) is -1.53. The number of amides is 1. The van der Waals surface area contributed by atoms with E-state index < -0.39 is 22.4 Å². The molecule has 3 N–H and O–H groups in total. The molecule has 0 saturated carbocycles. The summed E-state index contributed by atoms with van der Waals surface area (Å²) in [5.41, 5.74) is 7.06. The number of benzene rings is 3. The maximum atomic E-state index is 13.2. The van der Waals surface area contributed by atoms with Gasteiger partial charge in [-0.1, -0.05) is 72.8 Å². The highest BCUT2D eigenvalue weighted by Gasteiger charge is 2.26. The van der Waals surface area contributed by atoms with Crippen molar-refractivity contribution in [1.29, 1.82) is 0 Å². The number of hydrazine groups is 1. The van der Waals surface area contributed by atoms with Crippen molar-refractivity contribution in [3.8, 4) is 0 Å². The fourth-order valence-electron chi connectivity index (χ4n) is 3.67. The molecule has 0 aliphatic rings. The minimum atomic E-state index is -0.660. The van der Waals surface area contributed by atoms with Gasteiger partial charge in [-0.2, -0.15) is 0 Å². The standard InChI is InChI=1S/C26H22N6O4/c1-17(33)20-13-8-14-21(15-20)29-24-23(32(35)36)25(28-16-27-24)30-31-26(34)22(18-9-4-2-5-10-18)19-11-6-3-7-12-19/h2-16,22H,1H3,(H,31,34)(H2,27,28,29,30). The number of Topliss-reactive ketones (excluding diaryl/α,β-unsaturated/α-hetero) is 1. The molecule has 4 aromatic rings. The molecule has 0 saturated heterocycles. The number of nitro groups is 1. The van der Waals surface area contributed by atoms with Crippen molar-refractivity contribution in [2.75, 3.05) is 10.7 Å². The van der Waals surface area contributed by atoms with Gasteiger partial charge in [0.1, 0.15) is 6.33 Å². The molecule has 0 spiro atoms. The quantitative estimate of drug-likeness (QED) is 0.179. The second kappa shape index (κ2) is 10.9. The average molecular weight is 483 g/mol. The van der Waals surface area contributed by atoms with Crippen molar-refractivity contribution in [3.05, 3.63) is 118 Å². The van der Waals surface area contributed by atoms with E-state index >= 15 is 0 Å². The molecule has 4 rings (SSSR count). The fourth-order valence-corrected chi connectivity index (χ4v) is 3.67. The normalized spacial score (nSPS) is 10.5. The second-order valence-electron chi connectivity index (χ2n) is 7.81. The van der Waals surface area contributed by atoms with Crippen LogP contribution in [0.25, 0.3) is 0 Å². The maximum absolute atomic E-state index is 13.2. The van der Waals surface area contributed by atoms with Crippen molar-refractivity contribution in [1.82, 2.24) is 15.4 Å². The molecule has 36 heavy (non-hydrogen) atoms. The first-order valence-corrected chi connectivity index (χ1v) is 11.0. The summed E-state index contributed by atoms with van der Waals surface area (Å²) in [6, 6.07) is 24.9. The lowest BCUT2D eigenvalue weighted by Gasteiger charge is -2.18. The van der Waals surface area contributed by atoms with E-state index in [0.29, 0.717) is 11.3 Å². The summed E-state index contributed by atoms with van der Waals surface area (Å²) in [5, 5.41) is 14.8. The van der Waals surface area contributed by atoms with Crippen molar-refractivity contribution in [2.45, 2.75) is 12.8 Å². The highest BCUT2D eigenvalue weighted by atomic mass is 16.6. The van der Waals surface area contributed by atoms with Crippen LogP contribution in [0.15, 0.2) is 91.3 Å². The molecule has 1 amide bonds. The molecule has 10 heteroatoms. The molecule has 0 fully saturated rings. The highest BCUT2D eigenvalue weighted by Crippen LogP contribution is 2.31. The molecule has 1 aromatic heterocycles. The van der Waals surface area contributed by atoms with Gasteiger partial charge in [0, 0.05) is 11.3 Å². The van der Waals surface area contributed by atoms with Gasteiger partial charge in [-0.3, -0.25) is 30.6 Å². The molecule has 10 nitrogen and oxygen atoms in total. The van der Waals surface area contributed by atoms with E-state index in [2.05, 4.69) is 26.1 Å². The Hall–Kier alpha value is -5.12. The van der Waals surface area contributed by atoms with Crippen LogP contribution >= 0.6 is 0 Å². The predicted octanol–water partition coefficient (Wildman–Crippen LogP) is 4.61. The van der Waals surface area contributed by atoms with Crippen LogP contribution in [0.2, 0.25) is 0 Å². The Balaban J connectivity index is 1.60. The highest BCUT2D eigenvalue weighted by molar-refractivity contribution is 5.95. The van der Waals surface area contributed by atoms with Crippen LogP contribution in [0.4, 0.5) is 23.0 Å². The largest absolute Gasteiger partial charge is 0.355 e. The number of anilines is 3. The summed E-state index contributed by atoms with van der Waals surface area (Å²) in [4.78, 5) is 44.1. The maximum Gasteiger partial charge on any atom is 0.355 e. The lowest BCUT2D eigenvalue weighted by atomic mass is 9.91. The first kappa shape index (κ1) is 24.0. The van der Waals surface area contributed by atoms with Crippen molar-refractivity contribution in [3.63, 3.8) is 0 Å². The first-order chi connectivity index (χ1) is 17.4. The lowest BCUT2D eigenvalue weighted by molar-refractivity contribution is -0.383. The van der Waals surface area contributed by atoms with Gasteiger partial charge < -0.3 is 5.32 Å². The average Bonchev–Trinajstić information content (AvgIpc) is 2.89. The van der Waals surface area contributed by atoms with E-state index in [1.54, 1.807) is 24.3 Å². The monoisotopic (exact) mass is 482 g/mol.